The van der Waals surface area contributed by atoms with Gasteiger partial charge in [-0.25, -0.2) is 4.79 Å². The Morgan fingerprint density at radius 2 is 0.553 bits per heavy atom. The van der Waals surface area contributed by atoms with Gasteiger partial charge in [0.05, 0.1) is 34.4 Å². The van der Waals surface area contributed by atoms with E-state index in [0.29, 0.717) is 23.9 Å². The van der Waals surface area contributed by atoms with Crippen LogP contribution in [0.5, 0.6) is 0 Å². The minimum Gasteiger partial charge on any atom is -0.477 e. The molecule has 0 saturated carbocycles. The maximum absolute atomic E-state index is 13.0. The number of aliphatic carboxylic acids is 1. The van der Waals surface area contributed by atoms with Crippen molar-refractivity contribution in [1.82, 2.24) is 0 Å². The van der Waals surface area contributed by atoms with Gasteiger partial charge in [-0.2, -0.15) is 0 Å². The highest BCUT2D eigenvalue weighted by Crippen LogP contribution is 2.19. The van der Waals surface area contributed by atoms with Crippen LogP contribution in [0.3, 0.4) is 0 Å². The van der Waals surface area contributed by atoms with E-state index in [1.807, 2.05) is 21.1 Å². The molecule has 0 rings (SSSR count). The minimum absolute atomic E-state index is 0.183. The predicted octanol–water partition coefficient (Wildman–Crippen LogP) is 28.2. The third-order valence-electron chi connectivity index (χ3n) is 18.6. The van der Waals surface area contributed by atoms with Crippen molar-refractivity contribution in [2.24, 2.45) is 0 Å². The van der Waals surface area contributed by atoms with Gasteiger partial charge in [-0.05, 0) is 122 Å². The summed E-state index contributed by atoms with van der Waals surface area (Å²) in [5, 5.41) is 9.79. The number of hydrogen-bond acceptors (Lipinski definition) is 7. The highest BCUT2D eigenvalue weighted by molar-refractivity contribution is 5.71. The topological polar surface area (TPSA) is 108 Å². The standard InChI is InChI=1S/C94H161NO8/c1-6-8-10-12-14-16-18-20-22-24-26-28-30-32-34-36-38-40-42-44-46-48-50-52-54-56-58-60-62-64-66-68-70-72-74-76-78-80-82-84-91(96)101-88-90(89-102-94(93(98)99)100-87-86-95(3,4)5)103-92(97)85-83-81-79-77-75-73-71-69-67-65-63-61-59-57-55-53-51-49-47-45-43-41-39-37-35-33-31-29-27-25-23-21-19-17-15-13-11-9-7-2/h9,11,15,17-18,20-21,23-24,26-27,29-30,32-33,35,39,41,45,47,51,53,57,59,90,94H,6-8,10,12-14,16,19,22,25,28,31,34,36-38,40,42-44,46,48-50,52,54-56,58,60-89H2,1-5H3/p+1/b11-9-,17-15-,20-18-,23-21-,26-24-,29-27-,32-30-,35-33-,41-39-,47-45-,53-51-,59-57-. The molecule has 2 unspecified atom stereocenters. The molecule has 0 aliphatic rings. The third-order valence-corrected chi connectivity index (χ3v) is 18.6. The molecule has 0 aliphatic heterocycles. The summed E-state index contributed by atoms with van der Waals surface area (Å²) in [6, 6.07) is 0. The number of carboxylic acids is 1. The first-order valence-electron chi connectivity index (χ1n) is 43.0. The first kappa shape index (κ1) is 98.2. The van der Waals surface area contributed by atoms with Crippen LogP contribution in [-0.2, 0) is 33.3 Å². The second kappa shape index (κ2) is 82.8. The number of carbonyl (C=O) groups excluding carboxylic acids is 2. The normalized spacial score (nSPS) is 13.4. The van der Waals surface area contributed by atoms with Gasteiger partial charge in [0.1, 0.15) is 13.2 Å². The van der Waals surface area contributed by atoms with E-state index in [1.54, 1.807) is 0 Å². The monoisotopic (exact) mass is 1430 g/mol. The van der Waals surface area contributed by atoms with Crippen molar-refractivity contribution in [2.75, 3.05) is 47.5 Å². The molecule has 103 heavy (non-hydrogen) atoms. The van der Waals surface area contributed by atoms with E-state index in [9.17, 15) is 19.5 Å². The molecule has 0 amide bonds. The highest BCUT2D eigenvalue weighted by atomic mass is 16.7. The van der Waals surface area contributed by atoms with Crippen molar-refractivity contribution in [2.45, 2.75) is 386 Å². The molecule has 0 bridgehead atoms. The van der Waals surface area contributed by atoms with Crippen LogP contribution < -0.4 is 0 Å². The first-order valence-corrected chi connectivity index (χ1v) is 43.0. The van der Waals surface area contributed by atoms with Gasteiger partial charge in [0.2, 0.25) is 0 Å². The number of unbranched alkanes of at least 4 members (excludes halogenated alkanes) is 40. The lowest BCUT2D eigenvalue weighted by molar-refractivity contribution is -0.870. The number of carbonyl (C=O) groups is 3. The molecular weight excluding hydrogens is 1270 g/mol. The van der Waals surface area contributed by atoms with E-state index in [-0.39, 0.29) is 32.2 Å². The maximum Gasteiger partial charge on any atom is 0.361 e. The Hall–Kier alpha value is -4.83. The lowest BCUT2D eigenvalue weighted by Gasteiger charge is -2.25. The Labute approximate surface area is 636 Å². The molecule has 9 heteroatoms. The number of quaternary nitrogens is 1. The Kier molecular flexibility index (Phi) is 78.9. The van der Waals surface area contributed by atoms with E-state index in [1.165, 1.54) is 225 Å². The van der Waals surface area contributed by atoms with Crippen LogP contribution >= 0.6 is 0 Å². The second-order valence-corrected chi connectivity index (χ2v) is 29.8. The molecule has 9 nitrogen and oxygen atoms in total. The van der Waals surface area contributed by atoms with Crippen molar-refractivity contribution in [3.05, 3.63) is 146 Å². The molecule has 0 aliphatic carbocycles. The van der Waals surface area contributed by atoms with Crippen LogP contribution in [0.15, 0.2) is 146 Å². The second-order valence-electron chi connectivity index (χ2n) is 29.8. The highest BCUT2D eigenvalue weighted by Gasteiger charge is 2.25. The van der Waals surface area contributed by atoms with Gasteiger partial charge in [0.25, 0.3) is 6.29 Å². The number of nitrogens with zero attached hydrogens (tertiary/aromatic N) is 1. The van der Waals surface area contributed by atoms with E-state index >= 15 is 0 Å². The smallest absolute Gasteiger partial charge is 0.361 e. The van der Waals surface area contributed by atoms with Crippen LogP contribution in [0.4, 0.5) is 0 Å². The summed E-state index contributed by atoms with van der Waals surface area (Å²) in [6.07, 6.45) is 119. The zero-order valence-electron chi connectivity index (χ0n) is 67.7. The lowest BCUT2D eigenvalue weighted by atomic mass is 10.0. The number of ether oxygens (including phenoxy) is 4. The Morgan fingerprint density at radius 1 is 0.301 bits per heavy atom. The molecule has 0 heterocycles. The van der Waals surface area contributed by atoms with Gasteiger partial charge in [-0.1, -0.05) is 384 Å². The van der Waals surface area contributed by atoms with Crippen molar-refractivity contribution in [1.29, 1.82) is 0 Å². The molecule has 0 spiro atoms. The third kappa shape index (κ3) is 84.3. The molecular formula is C94H162NO8+. The predicted molar refractivity (Wildman–Crippen MR) is 447 cm³/mol. The fourth-order valence-electron chi connectivity index (χ4n) is 12.1. The van der Waals surface area contributed by atoms with Gasteiger partial charge >= 0.3 is 17.9 Å². The van der Waals surface area contributed by atoms with Crippen LogP contribution in [0.1, 0.15) is 373 Å². The van der Waals surface area contributed by atoms with Crippen LogP contribution in [-0.4, -0.2) is 87.4 Å². The average molecular weight is 1430 g/mol. The number of esters is 2. The summed E-state index contributed by atoms with van der Waals surface area (Å²) < 4.78 is 23.1. The summed E-state index contributed by atoms with van der Waals surface area (Å²) in [7, 11) is 5.99. The van der Waals surface area contributed by atoms with Gasteiger partial charge < -0.3 is 28.5 Å². The Bertz CT molecular complexity index is 2220. The maximum atomic E-state index is 13.0. The molecule has 0 fully saturated rings. The van der Waals surface area contributed by atoms with E-state index in [0.717, 1.165) is 116 Å². The van der Waals surface area contributed by atoms with Gasteiger partial charge in [-0.3, -0.25) is 9.59 Å². The van der Waals surface area contributed by atoms with Crippen molar-refractivity contribution in [3.8, 4) is 0 Å². The van der Waals surface area contributed by atoms with E-state index in [4.69, 9.17) is 18.9 Å². The van der Waals surface area contributed by atoms with Crippen molar-refractivity contribution in [3.63, 3.8) is 0 Å². The zero-order valence-corrected chi connectivity index (χ0v) is 67.7. The van der Waals surface area contributed by atoms with Gasteiger partial charge in [0.15, 0.2) is 6.10 Å². The zero-order chi connectivity index (χ0) is 74.6. The number of likely N-dealkylation sites (N-methyl/N-ethyl adjacent to an activating group) is 1. The fourth-order valence-corrected chi connectivity index (χ4v) is 12.1. The number of rotatable bonds is 79. The Morgan fingerprint density at radius 3 is 0.825 bits per heavy atom. The van der Waals surface area contributed by atoms with Crippen LogP contribution in [0.2, 0.25) is 0 Å². The number of hydrogen-bond donors (Lipinski definition) is 1. The lowest BCUT2D eigenvalue weighted by Crippen LogP contribution is -2.40. The summed E-state index contributed by atoms with van der Waals surface area (Å²) in [5.74, 6) is -2.00. The van der Waals surface area contributed by atoms with Gasteiger partial charge in [-0.15, -0.1) is 0 Å². The molecule has 1 N–H and O–H groups in total. The van der Waals surface area contributed by atoms with Crippen molar-refractivity contribution >= 4 is 17.9 Å². The minimum atomic E-state index is -1.52. The van der Waals surface area contributed by atoms with E-state index in [2.05, 4.69) is 160 Å². The number of carboxylic acid groups (broad SMARTS) is 1. The average Bonchev–Trinajstić information content (AvgIpc) is 0.985. The largest absolute Gasteiger partial charge is 0.477 e. The molecule has 0 aromatic carbocycles. The van der Waals surface area contributed by atoms with Crippen LogP contribution in [0, 0.1) is 0 Å². The molecule has 2 atom stereocenters. The SMILES string of the molecule is CC/C=C\C/C=C\C/C=C\C/C=C\C/C=C\C/C=C\C/C=C\C/C=C\C/C=C\CCCCCCCCCCCCCC(=O)OC(COC(=O)CCCCCCCCCCCCCCCCCCCCCCCCCC/C=C\C/C=C\C/C=C\CCCCCCC)COC(OCC[N+](C)(C)C)C(=O)O. The summed E-state index contributed by atoms with van der Waals surface area (Å²) >= 11 is 0. The Balaban J connectivity index is 4.02. The molecule has 0 aromatic rings. The summed E-state index contributed by atoms with van der Waals surface area (Å²) in [6.45, 7) is 4.78. The quantitative estimate of drug-likeness (QED) is 0.0211. The summed E-state index contributed by atoms with van der Waals surface area (Å²) in [5.41, 5.74) is 0. The summed E-state index contributed by atoms with van der Waals surface area (Å²) in [4.78, 5) is 37.8. The molecule has 0 radical (unpaired) electrons. The molecule has 0 aromatic heterocycles. The first-order chi connectivity index (χ1) is 50.6. The van der Waals surface area contributed by atoms with E-state index < -0.39 is 24.3 Å². The fraction of sp³-hybridized carbons (Fsp3) is 0.713. The molecule has 590 valence electrons. The van der Waals surface area contributed by atoms with Crippen LogP contribution in [0.25, 0.3) is 0 Å². The number of allylic oxidation sites excluding steroid dienone is 24. The van der Waals surface area contributed by atoms with Crippen molar-refractivity contribution < 1.29 is 42.9 Å². The molecule has 0 saturated heterocycles. The van der Waals surface area contributed by atoms with Gasteiger partial charge in [0, 0.05) is 12.8 Å².